The molecule has 0 aliphatic heterocycles. The van der Waals surface area contributed by atoms with E-state index >= 15 is 0 Å². The molecule has 0 rings (SSSR count). The molecule has 4 nitrogen and oxygen atoms in total. The van der Waals surface area contributed by atoms with Gasteiger partial charge in [0.1, 0.15) is 0 Å². The first-order valence-electron chi connectivity index (χ1n) is 2.85. The van der Waals surface area contributed by atoms with E-state index in [0.29, 0.717) is 0 Å². The number of rotatable bonds is 5. The molecule has 50 valence electrons. The molecular formula is C4H14N4. The molecule has 0 aromatic rings. The quantitative estimate of drug-likeness (QED) is 0.218. The predicted molar refractivity (Wildman–Crippen MR) is 33.4 cm³/mol. The lowest BCUT2D eigenvalue weighted by Crippen LogP contribution is -2.47. The molecular weight excluding hydrogens is 104 g/mol. The van der Waals surface area contributed by atoms with Gasteiger partial charge in [-0.15, -0.1) is 0 Å². The fourth-order valence-electron chi connectivity index (χ4n) is 0.379. The van der Waals surface area contributed by atoms with Crippen molar-refractivity contribution in [3.8, 4) is 0 Å². The first kappa shape index (κ1) is 7.84. The van der Waals surface area contributed by atoms with Gasteiger partial charge >= 0.3 is 0 Å². The third-order valence-corrected chi connectivity index (χ3v) is 0.816. The van der Waals surface area contributed by atoms with Crippen LogP contribution in [0.1, 0.15) is 19.8 Å². The maximum atomic E-state index is 4.89. The van der Waals surface area contributed by atoms with Crippen LogP contribution in [-0.4, -0.2) is 6.54 Å². The average Bonchev–Trinajstić information content (AvgIpc) is 1.81. The summed E-state index contributed by atoms with van der Waals surface area (Å²) in [6.45, 7) is 3.08. The molecule has 0 atom stereocenters. The molecule has 0 amide bonds. The van der Waals surface area contributed by atoms with Crippen molar-refractivity contribution in [2.24, 2.45) is 5.84 Å². The number of hydrogen-bond donors (Lipinski definition) is 4. The Balaban J connectivity index is 2.53. The monoisotopic (exact) mass is 118 g/mol. The van der Waals surface area contributed by atoms with Gasteiger partial charge in [0, 0.05) is 6.54 Å². The standard InChI is InChI=1S/C4H14N4/c1-2-3-4-6-8-7-5/h6-8H,2-5H2,1H3. The lowest BCUT2D eigenvalue weighted by Gasteiger charge is -2.01. The van der Waals surface area contributed by atoms with Crippen LogP contribution in [0.5, 0.6) is 0 Å². The maximum Gasteiger partial charge on any atom is 0.0113 e. The van der Waals surface area contributed by atoms with Gasteiger partial charge in [-0.1, -0.05) is 13.3 Å². The molecule has 0 aliphatic carbocycles. The summed E-state index contributed by atoms with van der Waals surface area (Å²) in [5.41, 5.74) is 7.68. The first-order valence-corrected chi connectivity index (χ1v) is 2.85. The number of hydrogen-bond acceptors (Lipinski definition) is 4. The summed E-state index contributed by atoms with van der Waals surface area (Å²) >= 11 is 0. The zero-order valence-corrected chi connectivity index (χ0v) is 5.20. The van der Waals surface area contributed by atoms with Gasteiger partial charge in [-0.25, -0.2) is 5.43 Å². The van der Waals surface area contributed by atoms with Gasteiger partial charge in [0.05, 0.1) is 0 Å². The predicted octanol–water partition coefficient (Wildman–Crippen LogP) is -0.741. The van der Waals surface area contributed by atoms with Crippen molar-refractivity contribution in [1.29, 1.82) is 0 Å². The van der Waals surface area contributed by atoms with Crippen molar-refractivity contribution >= 4 is 0 Å². The second-order valence-electron chi connectivity index (χ2n) is 1.55. The number of unbranched alkanes of at least 4 members (excludes halogenated alkanes) is 1. The lowest BCUT2D eigenvalue weighted by atomic mass is 10.3. The second-order valence-corrected chi connectivity index (χ2v) is 1.55. The van der Waals surface area contributed by atoms with Gasteiger partial charge in [0.25, 0.3) is 0 Å². The molecule has 0 bridgehead atoms. The van der Waals surface area contributed by atoms with Crippen LogP contribution in [0.2, 0.25) is 0 Å². The number of nitrogens with two attached hydrogens (primary N) is 1. The van der Waals surface area contributed by atoms with Crippen molar-refractivity contribution in [2.45, 2.75) is 19.8 Å². The molecule has 0 aliphatic rings. The topological polar surface area (TPSA) is 62.1 Å². The molecule has 0 spiro atoms. The molecule has 0 aromatic heterocycles. The summed E-state index contributed by atoms with van der Waals surface area (Å²) in [5, 5.41) is 0. The minimum atomic E-state index is 0.945. The fraction of sp³-hybridized carbons (Fsp3) is 1.00. The Labute approximate surface area is 49.7 Å². The third kappa shape index (κ3) is 5.84. The van der Waals surface area contributed by atoms with Gasteiger partial charge in [-0.2, -0.15) is 11.1 Å². The van der Waals surface area contributed by atoms with E-state index in [9.17, 15) is 0 Å². The number of hydrazine groups is 3. The van der Waals surface area contributed by atoms with E-state index < -0.39 is 0 Å². The lowest BCUT2D eigenvalue weighted by molar-refractivity contribution is 0.438. The van der Waals surface area contributed by atoms with Crippen LogP contribution in [-0.2, 0) is 0 Å². The van der Waals surface area contributed by atoms with Gasteiger partial charge in [-0.3, -0.25) is 5.84 Å². The van der Waals surface area contributed by atoms with Crippen LogP contribution in [0, 0.1) is 0 Å². The highest BCUT2D eigenvalue weighted by Crippen LogP contribution is 1.79. The van der Waals surface area contributed by atoms with E-state index in [1.165, 1.54) is 6.42 Å². The number of nitrogens with one attached hydrogen (secondary N) is 3. The molecule has 0 radical (unpaired) electrons. The van der Waals surface area contributed by atoms with E-state index in [1.54, 1.807) is 0 Å². The van der Waals surface area contributed by atoms with Crippen LogP contribution in [0.3, 0.4) is 0 Å². The van der Waals surface area contributed by atoms with E-state index in [1.807, 2.05) is 0 Å². The highest BCUT2D eigenvalue weighted by molar-refractivity contribution is 4.35. The largest absolute Gasteiger partial charge is 0.257 e. The Morgan fingerprint density at radius 2 is 2.25 bits per heavy atom. The summed E-state index contributed by atoms with van der Waals surface area (Å²) in [4.78, 5) is 0. The SMILES string of the molecule is CCCCNNNN. The molecule has 0 fully saturated rings. The summed E-state index contributed by atoms with van der Waals surface area (Å²) in [5.74, 6) is 4.89. The Hall–Kier alpha value is -0.160. The summed E-state index contributed by atoms with van der Waals surface area (Å²) < 4.78 is 0. The molecule has 5 N–H and O–H groups in total. The van der Waals surface area contributed by atoms with Crippen molar-refractivity contribution in [3.05, 3.63) is 0 Å². The smallest absolute Gasteiger partial charge is 0.0113 e. The molecule has 0 saturated heterocycles. The van der Waals surface area contributed by atoms with Gasteiger partial charge in [0.15, 0.2) is 0 Å². The molecule has 8 heavy (non-hydrogen) atoms. The van der Waals surface area contributed by atoms with Crippen molar-refractivity contribution in [3.63, 3.8) is 0 Å². The zero-order chi connectivity index (χ0) is 6.24. The van der Waals surface area contributed by atoms with E-state index in [-0.39, 0.29) is 0 Å². The van der Waals surface area contributed by atoms with E-state index in [4.69, 9.17) is 5.84 Å². The van der Waals surface area contributed by atoms with Gasteiger partial charge in [-0.05, 0) is 6.42 Å². The van der Waals surface area contributed by atoms with Crippen molar-refractivity contribution in [1.82, 2.24) is 16.5 Å². The Bertz CT molecular complexity index is 33.0. The first-order chi connectivity index (χ1) is 3.91. The molecule has 0 aromatic carbocycles. The highest BCUT2D eigenvalue weighted by Gasteiger charge is 1.78. The van der Waals surface area contributed by atoms with Crippen LogP contribution in [0.4, 0.5) is 0 Å². The minimum Gasteiger partial charge on any atom is -0.257 e. The molecule has 4 heteroatoms. The Morgan fingerprint density at radius 1 is 1.50 bits per heavy atom. The van der Waals surface area contributed by atoms with Crippen LogP contribution in [0.15, 0.2) is 0 Å². The van der Waals surface area contributed by atoms with Crippen molar-refractivity contribution < 1.29 is 0 Å². The maximum absolute atomic E-state index is 4.89. The molecule has 0 saturated carbocycles. The zero-order valence-electron chi connectivity index (χ0n) is 5.20. The normalized spacial score (nSPS) is 9.75. The Morgan fingerprint density at radius 3 is 2.75 bits per heavy atom. The third-order valence-electron chi connectivity index (χ3n) is 0.816. The van der Waals surface area contributed by atoms with Gasteiger partial charge in [0.2, 0.25) is 0 Å². The van der Waals surface area contributed by atoms with Gasteiger partial charge < -0.3 is 0 Å². The van der Waals surface area contributed by atoms with Crippen molar-refractivity contribution in [2.75, 3.05) is 6.54 Å². The summed E-state index contributed by atoms with van der Waals surface area (Å²) in [7, 11) is 0. The van der Waals surface area contributed by atoms with Crippen LogP contribution >= 0.6 is 0 Å². The Kier molecular flexibility index (Phi) is 6.70. The van der Waals surface area contributed by atoms with E-state index in [2.05, 4.69) is 23.4 Å². The highest BCUT2D eigenvalue weighted by atomic mass is 15.7. The van der Waals surface area contributed by atoms with Crippen LogP contribution < -0.4 is 22.3 Å². The average molecular weight is 118 g/mol. The second kappa shape index (κ2) is 6.84. The summed E-state index contributed by atoms with van der Waals surface area (Å²) in [6, 6.07) is 0. The van der Waals surface area contributed by atoms with Crippen LogP contribution in [0.25, 0.3) is 0 Å². The molecule has 0 unspecified atom stereocenters. The fourth-order valence-corrected chi connectivity index (χ4v) is 0.379. The minimum absolute atomic E-state index is 0.945. The molecule has 0 heterocycles. The van der Waals surface area contributed by atoms with E-state index in [0.717, 1.165) is 13.0 Å². The summed E-state index contributed by atoms with van der Waals surface area (Å²) in [6.07, 6.45) is 2.36.